The second kappa shape index (κ2) is 5.17. The van der Waals surface area contributed by atoms with Gasteiger partial charge in [-0.15, -0.1) is 0 Å². The molecule has 3 N–H and O–H groups in total. The van der Waals surface area contributed by atoms with E-state index in [4.69, 9.17) is 11.6 Å². The van der Waals surface area contributed by atoms with Crippen molar-refractivity contribution in [1.29, 1.82) is 0 Å². The molecule has 2 unspecified atom stereocenters. The molecule has 2 rings (SSSR count). The normalized spacial score (nSPS) is 23.1. The largest absolute Gasteiger partial charge is 0.392 e. The van der Waals surface area contributed by atoms with Crippen molar-refractivity contribution < 1.29 is 18.7 Å². The van der Waals surface area contributed by atoms with Gasteiger partial charge in [-0.2, -0.15) is 0 Å². The van der Waals surface area contributed by atoms with E-state index in [1.54, 1.807) is 0 Å². The number of aliphatic hydroxyl groups is 1. The Morgan fingerprint density at radius 3 is 2.78 bits per heavy atom. The average molecular weight is 277 g/mol. The minimum Gasteiger partial charge on any atom is -0.392 e. The minimum absolute atomic E-state index is 0.209. The van der Waals surface area contributed by atoms with E-state index < -0.39 is 29.7 Å². The fourth-order valence-corrected chi connectivity index (χ4v) is 2.03. The second-order valence-electron chi connectivity index (χ2n) is 4.08. The van der Waals surface area contributed by atoms with Crippen LogP contribution >= 0.6 is 11.6 Å². The molecule has 0 radical (unpaired) electrons. The predicted molar refractivity (Wildman–Crippen MR) is 62.4 cm³/mol. The van der Waals surface area contributed by atoms with Crippen LogP contribution in [0.1, 0.15) is 6.42 Å². The lowest BCUT2D eigenvalue weighted by atomic mass is 10.2. The van der Waals surface area contributed by atoms with Crippen LogP contribution in [-0.4, -0.2) is 29.7 Å². The highest BCUT2D eigenvalue weighted by atomic mass is 35.5. The van der Waals surface area contributed by atoms with Gasteiger partial charge in [0.1, 0.15) is 5.82 Å². The van der Waals surface area contributed by atoms with E-state index in [0.717, 1.165) is 6.07 Å². The summed E-state index contributed by atoms with van der Waals surface area (Å²) in [5, 5.41) is 14.1. The maximum atomic E-state index is 13.4. The van der Waals surface area contributed by atoms with Crippen molar-refractivity contribution in [2.75, 3.05) is 11.9 Å². The van der Waals surface area contributed by atoms with Gasteiger partial charge in [-0.1, -0.05) is 11.6 Å². The maximum Gasteiger partial charge on any atom is 0.241 e. The summed E-state index contributed by atoms with van der Waals surface area (Å²) in [5.74, 6) is -2.27. The van der Waals surface area contributed by atoms with Crippen LogP contribution in [0.5, 0.6) is 0 Å². The number of carbonyl (C=O) groups is 1. The number of rotatable bonds is 2. The Bertz CT molecular complexity index is 461. The van der Waals surface area contributed by atoms with Crippen LogP contribution in [-0.2, 0) is 4.79 Å². The molecular weight excluding hydrogens is 266 g/mol. The summed E-state index contributed by atoms with van der Waals surface area (Å²) in [5.41, 5.74) is -0.258. The maximum absolute atomic E-state index is 13.4. The number of amides is 1. The first-order chi connectivity index (χ1) is 8.47. The monoisotopic (exact) mass is 276 g/mol. The van der Waals surface area contributed by atoms with Gasteiger partial charge < -0.3 is 15.7 Å². The highest BCUT2D eigenvalue weighted by Gasteiger charge is 2.28. The van der Waals surface area contributed by atoms with Crippen LogP contribution in [0.2, 0.25) is 5.02 Å². The molecule has 0 aromatic heterocycles. The van der Waals surface area contributed by atoms with E-state index in [9.17, 15) is 18.7 Å². The van der Waals surface area contributed by atoms with Crippen molar-refractivity contribution in [2.45, 2.75) is 18.6 Å². The van der Waals surface area contributed by atoms with Gasteiger partial charge >= 0.3 is 0 Å². The Morgan fingerprint density at radius 1 is 1.50 bits per heavy atom. The molecule has 1 aromatic carbocycles. The second-order valence-corrected chi connectivity index (χ2v) is 4.49. The number of halogens is 3. The molecule has 0 bridgehead atoms. The number of carbonyl (C=O) groups excluding carboxylic acids is 1. The van der Waals surface area contributed by atoms with Crippen molar-refractivity contribution in [2.24, 2.45) is 0 Å². The standard InChI is InChI=1S/C11H11ClF2N2O2/c12-7-1-5(13)2-8(14)10(7)16-11(18)9-3-6(17)4-15-9/h1-2,6,9,15,17H,3-4H2,(H,16,18). The van der Waals surface area contributed by atoms with Crippen LogP contribution in [0.4, 0.5) is 14.5 Å². The molecule has 1 heterocycles. The third-order valence-corrected chi connectivity index (χ3v) is 2.98. The highest BCUT2D eigenvalue weighted by molar-refractivity contribution is 6.33. The van der Waals surface area contributed by atoms with Gasteiger partial charge in [0.25, 0.3) is 0 Å². The molecule has 1 saturated heterocycles. The molecule has 0 spiro atoms. The molecule has 98 valence electrons. The summed E-state index contributed by atoms with van der Waals surface area (Å²) < 4.78 is 26.2. The van der Waals surface area contributed by atoms with Gasteiger partial charge in [-0.05, 0) is 12.5 Å². The predicted octanol–water partition coefficient (Wildman–Crippen LogP) is 1.28. The summed E-state index contributed by atoms with van der Waals surface area (Å²) in [6, 6.07) is 0.941. The van der Waals surface area contributed by atoms with Gasteiger partial charge in [0.15, 0.2) is 5.82 Å². The van der Waals surface area contributed by atoms with E-state index in [1.807, 2.05) is 0 Å². The van der Waals surface area contributed by atoms with Gasteiger partial charge in [0.05, 0.1) is 22.9 Å². The number of hydrogen-bond donors (Lipinski definition) is 3. The summed E-state index contributed by atoms with van der Waals surface area (Å²) in [6.45, 7) is 0.303. The van der Waals surface area contributed by atoms with Gasteiger partial charge in [0, 0.05) is 12.6 Å². The smallest absolute Gasteiger partial charge is 0.241 e. The molecule has 1 fully saturated rings. The lowest BCUT2D eigenvalue weighted by Crippen LogP contribution is -2.35. The first kappa shape index (κ1) is 13.2. The lowest BCUT2D eigenvalue weighted by Gasteiger charge is -2.12. The zero-order chi connectivity index (χ0) is 13.3. The third kappa shape index (κ3) is 2.77. The van der Waals surface area contributed by atoms with Crippen LogP contribution in [0, 0.1) is 11.6 Å². The molecule has 4 nitrogen and oxygen atoms in total. The van der Waals surface area contributed by atoms with Crippen molar-refractivity contribution in [1.82, 2.24) is 5.32 Å². The Labute approximate surface area is 107 Å². The molecule has 0 saturated carbocycles. The number of nitrogens with one attached hydrogen (secondary N) is 2. The molecule has 0 aliphatic carbocycles. The molecule has 1 amide bonds. The van der Waals surface area contributed by atoms with Crippen molar-refractivity contribution in [3.8, 4) is 0 Å². The lowest BCUT2D eigenvalue weighted by molar-refractivity contribution is -0.118. The summed E-state index contributed by atoms with van der Waals surface area (Å²) in [6.07, 6.45) is -0.360. The number of β-amino-alcohol motifs (C(OH)–C–C–N with tert-alkyl or cyclic N) is 1. The number of hydrogen-bond acceptors (Lipinski definition) is 3. The molecule has 2 atom stereocenters. The van der Waals surface area contributed by atoms with Crippen LogP contribution < -0.4 is 10.6 Å². The minimum atomic E-state index is -0.938. The van der Waals surface area contributed by atoms with E-state index in [-0.39, 0.29) is 17.1 Å². The topological polar surface area (TPSA) is 61.4 Å². The average Bonchev–Trinajstić information content (AvgIpc) is 2.70. The molecule has 1 aliphatic heterocycles. The van der Waals surface area contributed by atoms with Crippen molar-refractivity contribution >= 4 is 23.2 Å². The fraction of sp³-hybridized carbons (Fsp3) is 0.364. The Balaban J connectivity index is 2.12. The van der Waals surface area contributed by atoms with Crippen LogP contribution in [0.3, 0.4) is 0 Å². The molecule has 7 heteroatoms. The van der Waals surface area contributed by atoms with Gasteiger partial charge in [-0.3, -0.25) is 4.79 Å². The van der Waals surface area contributed by atoms with Gasteiger partial charge in [-0.25, -0.2) is 8.78 Å². The number of anilines is 1. The van der Waals surface area contributed by atoms with Crippen molar-refractivity contribution in [3.63, 3.8) is 0 Å². The molecule has 18 heavy (non-hydrogen) atoms. The summed E-state index contributed by atoms with van der Waals surface area (Å²) in [4.78, 5) is 11.7. The third-order valence-electron chi connectivity index (χ3n) is 2.68. The van der Waals surface area contributed by atoms with Crippen molar-refractivity contribution in [3.05, 3.63) is 28.8 Å². The zero-order valence-corrected chi connectivity index (χ0v) is 9.97. The Hall–Kier alpha value is -1.24. The zero-order valence-electron chi connectivity index (χ0n) is 9.21. The first-order valence-electron chi connectivity index (χ1n) is 5.34. The first-order valence-corrected chi connectivity index (χ1v) is 5.72. The van der Waals surface area contributed by atoms with Crippen LogP contribution in [0.15, 0.2) is 12.1 Å². The number of aliphatic hydroxyl groups excluding tert-OH is 1. The van der Waals surface area contributed by atoms with E-state index in [1.165, 1.54) is 0 Å². The molecular formula is C11H11ClF2N2O2. The highest BCUT2D eigenvalue weighted by Crippen LogP contribution is 2.26. The van der Waals surface area contributed by atoms with E-state index in [0.29, 0.717) is 12.6 Å². The summed E-state index contributed by atoms with van der Waals surface area (Å²) in [7, 11) is 0. The Kier molecular flexibility index (Phi) is 3.79. The quantitative estimate of drug-likeness (QED) is 0.763. The van der Waals surface area contributed by atoms with E-state index >= 15 is 0 Å². The molecule has 1 aliphatic rings. The molecule has 1 aromatic rings. The van der Waals surface area contributed by atoms with E-state index in [2.05, 4.69) is 10.6 Å². The number of benzene rings is 1. The van der Waals surface area contributed by atoms with Crippen LogP contribution in [0.25, 0.3) is 0 Å². The fourth-order valence-electron chi connectivity index (χ4n) is 1.79. The Morgan fingerprint density at radius 2 is 2.22 bits per heavy atom. The SMILES string of the molecule is O=C(Nc1c(F)cc(F)cc1Cl)C1CC(O)CN1. The van der Waals surface area contributed by atoms with Gasteiger partial charge in [0.2, 0.25) is 5.91 Å². The summed E-state index contributed by atoms with van der Waals surface area (Å²) >= 11 is 5.65.